The van der Waals surface area contributed by atoms with Gasteiger partial charge in [0.1, 0.15) is 0 Å². The van der Waals surface area contributed by atoms with E-state index in [1.165, 1.54) is 19.1 Å². The lowest BCUT2D eigenvalue weighted by Crippen LogP contribution is -2.30. The van der Waals surface area contributed by atoms with Crippen molar-refractivity contribution in [3.05, 3.63) is 98.2 Å². The number of rotatable bonds is 8. The molecule has 3 aromatic carbocycles. The number of nitrogens with one attached hydrogen (secondary N) is 1. The maximum atomic E-state index is 13.7. The van der Waals surface area contributed by atoms with Crippen molar-refractivity contribution in [3.63, 3.8) is 0 Å². The van der Waals surface area contributed by atoms with Gasteiger partial charge in [-0.3, -0.25) is 14.9 Å². The van der Waals surface area contributed by atoms with Gasteiger partial charge in [0.2, 0.25) is 0 Å². The summed E-state index contributed by atoms with van der Waals surface area (Å²) in [7, 11) is 3.16. The number of anilines is 1. The molecule has 43 heavy (non-hydrogen) atoms. The first-order valence-corrected chi connectivity index (χ1v) is 13.9. The quantitative estimate of drug-likeness (QED) is 0.131. The monoisotopic (exact) mass is 601 g/mol. The average molecular weight is 602 g/mol. The molecule has 220 valence electrons. The van der Waals surface area contributed by atoms with Crippen LogP contribution in [0.5, 0.6) is 11.5 Å². The summed E-state index contributed by atoms with van der Waals surface area (Å²) in [6, 6.07) is 16.6. The topological polar surface area (TPSA) is 130 Å². The molecule has 1 heterocycles. The molecule has 1 N–H and O–H groups in total. The van der Waals surface area contributed by atoms with Gasteiger partial charge in [-0.25, -0.2) is 9.78 Å². The van der Waals surface area contributed by atoms with E-state index in [0.717, 1.165) is 35.6 Å². The first kappa shape index (κ1) is 29.5. The van der Waals surface area contributed by atoms with Crippen LogP contribution >= 0.6 is 11.6 Å². The van der Waals surface area contributed by atoms with Crippen LogP contribution in [-0.2, 0) is 16.0 Å². The van der Waals surface area contributed by atoms with Gasteiger partial charge in [0.15, 0.2) is 17.6 Å². The van der Waals surface area contributed by atoms with Crippen LogP contribution in [0.15, 0.2) is 60.7 Å². The first-order chi connectivity index (χ1) is 20.7. The Morgan fingerprint density at radius 2 is 1.81 bits per heavy atom. The van der Waals surface area contributed by atoms with E-state index in [-0.39, 0.29) is 16.4 Å². The minimum Gasteiger partial charge on any atom is -0.493 e. The third kappa shape index (κ3) is 6.14. The van der Waals surface area contributed by atoms with E-state index in [1.807, 2.05) is 48.5 Å². The summed E-state index contributed by atoms with van der Waals surface area (Å²) in [4.78, 5) is 42.0. The van der Waals surface area contributed by atoms with Crippen LogP contribution in [0.1, 0.15) is 46.9 Å². The minimum absolute atomic E-state index is 0.0101. The number of carbonyl (C=O) groups is 2. The van der Waals surface area contributed by atoms with Gasteiger partial charge in [0.25, 0.3) is 11.6 Å². The summed E-state index contributed by atoms with van der Waals surface area (Å²) in [5.41, 5.74) is 4.28. The van der Waals surface area contributed by atoms with E-state index < -0.39 is 22.9 Å². The number of allylic oxidation sites excluding steroid dienone is 1. The summed E-state index contributed by atoms with van der Waals surface area (Å²) in [5, 5.41) is 14.2. The summed E-state index contributed by atoms with van der Waals surface area (Å²) in [6.07, 6.45) is 3.00. The van der Waals surface area contributed by atoms with Crippen LogP contribution < -0.4 is 14.8 Å². The molecule has 0 fully saturated rings. The van der Waals surface area contributed by atoms with E-state index >= 15 is 0 Å². The molecule has 1 aliphatic rings. The lowest BCUT2D eigenvalue weighted by Gasteiger charge is -2.23. The van der Waals surface area contributed by atoms with Crippen LogP contribution in [-0.4, -0.2) is 42.1 Å². The number of fused-ring (bicyclic) bond motifs is 2. The number of aromatic nitrogens is 1. The molecule has 11 heteroatoms. The highest BCUT2D eigenvalue weighted by Crippen LogP contribution is 2.38. The van der Waals surface area contributed by atoms with Crippen molar-refractivity contribution in [2.45, 2.75) is 32.3 Å². The second-order valence-electron chi connectivity index (χ2n) is 9.93. The fourth-order valence-electron chi connectivity index (χ4n) is 5.08. The zero-order chi connectivity index (χ0) is 30.7. The van der Waals surface area contributed by atoms with E-state index in [1.54, 1.807) is 14.2 Å². The van der Waals surface area contributed by atoms with Crippen LogP contribution in [0, 0.1) is 10.1 Å². The Bertz CT molecular complexity index is 1790. The van der Waals surface area contributed by atoms with Gasteiger partial charge in [0, 0.05) is 17.5 Å². The Morgan fingerprint density at radius 1 is 1.05 bits per heavy atom. The summed E-state index contributed by atoms with van der Waals surface area (Å²) >= 11 is 6.12. The number of nitrogens with zero attached hydrogens (tertiary/aromatic N) is 2. The fraction of sp³-hybridized carbons (Fsp3) is 0.219. The zero-order valence-electron chi connectivity index (χ0n) is 23.7. The molecule has 0 spiro atoms. The molecule has 1 atom stereocenters. The first-order valence-electron chi connectivity index (χ1n) is 13.5. The van der Waals surface area contributed by atoms with Crippen LogP contribution in [0.3, 0.4) is 0 Å². The predicted octanol–water partition coefficient (Wildman–Crippen LogP) is 6.87. The molecule has 1 amide bonds. The van der Waals surface area contributed by atoms with Crippen molar-refractivity contribution >= 4 is 57.4 Å². The number of para-hydroxylation sites is 1. The maximum absolute atomic E-state index is 13.7. The molecule has 0 saturated heterocycles. The smallest absolute Gasteiger partial charge is 0.339 e. The average Bonchev–Trinajstić information content (AvgIpc) is 3.00. The van der Waals surface area contributed by atoms with Gasteiger partial charge in [-0.2, -0.15) is 0 Å². The molecule has 0 saturated carbocycles. The standard InChI is InChI=1S/C32H28ClN3O7/c1-18(31(37)35-26-13-12-21(36(39)40)17-24(26)33)43-32(38)29-22-8-4-5-10-25(22)34-30-20(7-6-9-23(29)30)15-19-11-14-27(41-2)28(16-19)42-3/h4-5,8,10-18H,6-7,9H2,1-3H3,(H,35,37)/b20-15+/t18-/m1/s1. The van der Waals surface area contributed by atoms with Gasteiger partial charge >= 0.3 is 5.97 Å². The molecule has 1 aliphatic carbocycles. The lowest BCUT2D eigenvalue weighted by molar-refractivity contribution is -0.384. The molecular weight excluding hydrogens is 574 g/mol. The second kappa shape index (κ2) is 12.5. The number of amides is 1. The molecule has 0 aliphatic heterocycles. The normalized spacial score (nSPS) is 14.1. The Kier molecular flexibility index (Phi) is 8.58. The number of nitro groups is 1. The van der Waals surface area contributed by atoms with Crippen LogP contribution in [0.25, 0.3) is 22.6 Å². The predicted molar refractivity (Wildman–Crippen MR) is 164 cm³/mol. The lowest BCUT2D eigenvalue weighted by atomic mass is 9.86. The van der Waals surface area contributed by atoms with Crippen molar-refractivity contribution < 1.29 is 28.7 Å². The molecule has 0 unspecified atom stereocenters. The van der Waals surface area contributed by atoms with Crippen LogP contribution in [0.4, 0.5) is 11.4 Å². The van der Waals surface area contributed by atoms with E-state index in [0.29, 0.717) is 40.1 Å². The van der Waals surface area contributed by atoms with E-state index in [4.69, 9.17) is 30.8 Å². The van der Waals surface area contributed by atoms with Gasteiger partial charge in [-0.05, 0) is 73.2 Å². The number of ether oxygens (including phenoxy) is 3. The highest BCUT2D eigenvalue weighted by molar-refractivity contribution is 6.34. The van der Waals surface area contributed by atoms with Crippen molar-refractivity contribution in [3.8, 4) is 11.5 Å². The van der Waals surface area contributed by atoms with Gasteiger partial charge in [-0.15, -0.1) is 0 Å². The van der Waals surface area contributed by atoms with Gasteiger partial charge in [0.05, 0.1) is 46.6 Å². The summed E-state index contributed by atoms with van der Waals surface area (Å²) in [5.74, 6) is -0.0622. The highest BCUT2D eigenvalue weighted by atomic mass is 35.5. The van der Waals surface area contributed by atoms with Crippen molar-refractivity contribution in [1.29, 1.82) is 0 Å². The Hall–Kier alpha value is -4.96. The number of halogens is 1. The SMILES string of the molecule is COc1ccc(/C=C2\CCCc3c2nc2ccccc2c3C(=O)O[C@H](C)C(=O)Nc2ccc([N+](=O)[O-])cc2Cl)cc1OC. The molecule has 10 nitrogen and oxygen atoms in total. The van der Waals surface area contributed by atoms with Crippen molar-refractivity contribution in [1.82, 2.24) is 4.98 Å². The van der Waals surface area contributed by atoms with Crippen molar-refractivity contribution in [2.75, 3.05) is 19.5 Å². The number of non-ortho nitro benzene ring substituents is 1. The number of methoxy groups -OCH3 is 2. The summed E-state index contributed by atoms with van der Waals surface area (Å²) in [6.45, 7) is 1.45. The number of hydrogen-bond acceptors (Lipinski definition) is 8. The fourth-order valence-corrected chi connectivity index (χ4v) is 5.30. The Balaban J connectivity index is 1.46. The number of pyridine rings is 1. The number of benzene rings is 3. The highest BCUT2D eigenvalue weighted by Gasteiger charge is 2.28. The largest absolute Gasteiger partial charge is 0.493 e. The number of nitro benzene ring substituents is 1. The zero-order valence-corrected chi connectivity index (χ0v) is 24.4. The van der Waals surface area contributed by atoms with Crippen LogP contribution in [0.2, 0.25) is 5.02 Å². The third-order valence-corrected chi connectivity index (χ3v) is 7.51. The molecule has 0 radical (unpaired) electrons. The molecule has 0 bridgehead atoms. The molecule has 5 rings (SSSR count). The molecular formula is C32H28ClN3O7. The summed E-state index contributed by atoms with van der Waals surface area (Å²) < 4.78 is 16.5. The Labute approximate surface area is 252 Å². The molecule has 1 aromatic heterocycles. The number of carbonyl (C=O) groups excluding carboxylic acids is 2. The third-order valence-electron chi connectivity index (χ3n) is 7.20. The molecule has 4 aromatic rings. The van der Waals surface area contributed by atoms with Gasteiger partial charge in [-0.1, -0.05) is 35.9 Å². The Morgan fingerprint density at radius 3 is 2.53 bits per heavy atom. The minimum atomic E-state index is -1.19. The second-order valence-corrected chi connectivity index (χ2v) is 10.3. The number of esters is 1. The van der Waals surface area contributed by atoms with Crippen molar-refractivity contribution in [2.24, 2.45) is 0 Å². The van der Waals surface area contributed by atoms with E-state index in [2.05, 4.69) is 5.32 Å². The maximum Gasteiger partial charge on any atom is 0.339 e. The van der Waals surface area contributed by atoms with Gasteiger partial charge < -0.3 is 19.5 Å². The van der Waals surface area contributed by atoms with E-state index in [9.17, 15) is 19.7 Å². The number of hydrogen-bond donors (Lipinski definition) is 1.